The van der Waals surface area contributed by atoms with Gasteiger partial charge in [0.05, 0.1) is 23.7 Å². The number of hydrogen-bond acceptors (Lipinski definition) is 7. The third kappa shape index (κ3) is 5.43. The molecular formula is C27H30F2N6O4S. The molecule has 0 bridgehead atoms. The monoisotopic (exact) mass is 572 g/mol. The lowest BCUT2D eigenvalue weighted by Gasteiger charge is -2.38. The van der Waals surface area contributed by atoms with Gasteiger partial charge in [0.25, 0.3) is 5.56 Å². The number of hydrogen-bond donors (Lipinski definition) is 0. The molecule has 1 unspecified atom stereocenters. The molecule has 0 amide bonds. The summed E-state index contributed by atoms with van der Waals surface area (Å²) in [4.78, 5) is 24.0. The van der Waals surface area contributed by atoms with E-state index in [9.17, 15) is 22.0 Å². The summed E-state index contributed by atoms with van der Waals surface area (Å²) in [5.74, 6) is 0.564. The smallest absolute Gasteiger partial charge is 0.387 e. The topological polar surface area (TPSA) is 103 Å². The Hall–Kier alpha value is -3.84. The Labute approximate surface area is 230 Å². The van der Waals surface area contributed by atoms with E-state index in [2.05, 4.69) is 9.97 Å². The van der Waals surface area contributed by atoms with Crippen molar-refractivity contribution in [2.45, 2.75) is 33.0 Å². The van der Waals surface area contributed by atoms with E-state index in [1.165, 1.54) is 21.3 Å². The molecule has 10 nitrogen and oxygen atoms in total. The summed E-state index contributed by atoms with van der Waals surface area (Å²) >= 11 is 0. The first-order valence-electron chi connectivity index (χ1n) is 12.7. The van der Waals surface area contributed by atoms with E-state index in [0.29, 0.717) is 42.0 Å². The highest BCUT2D eigenvalue weighted by Gasteiger charge is 2.30. The van der Waals surface area contributed by atoms with E-state index in [0.717, 1.165) is 16.7 Å². The molecule has 1 aliphatic heterocycles. The fourth-order valence-electron chi connectivity index (χ4n) is 5.20. The van der Waals surface area contributed by atoms with Crippen molar-refractivity contribution in [3.8, 4) is 16.9 Å². The predicted octanol–water partition coefficient (Wildman–Crippen LogP) is 3.23. The van der Waals surface area contributed by atoms with Gasteiger partial charge in [-0.1, -0.05) is 23.8 Å². The van der Waals surface area contributed by atoms with Crippen molar-refractivity contribution in [3.63, 3.8) is 0 Å². The van der Waals surface area contributed by atoms with Gasteiger partial charge in [0.1, 0.15) is 5.75 Å². The molecule has 1 aliphatic rings. The first kappa shape index (κ1) is 27.7. The molecule has 13 heteroatoms. The van der Waals surface area contributed by atoms with E-state index in [4.69, 9.17) is 4.74 Å². The molecule has 1 saturated heterocycles. The second-order valence-electron chi connectivity index (χ2n) is 10.0. The van der Waals surface area contributed by atoms with Crippen LogP contribution in [0.2, 0.25) is 0 Å². The number of ether oxygens (including phenoxy) is 1. The number of benzene rings is 2. The molecule has 4 aromatic rings. The number of piperazine rings is 1. The molecule has 212 valence electrons. The maximum atomic E-state index is 13.0. The van der Waals surface area contributed by atoms with E-state index in [1.807, 2.05) is 30.9 Å². The third-order valence-electron chi connectivity index (χ3n) is 7.16. The van der Waals surface area contributed by atoms with Crippen LogP contribution in [0.3, 0.4) is 0 Å². The van der Waals surface area contributed by atoms with Gasteiger partial charge in [0, 0.05) is 56.2 Å². The molecule has 2 aromatic carbocycles. The van der Waals surface area contributed by atoms with Crippen LogP contribution in [0.4, 0.5) is 14.7 Å². The minimum atomic E-state index is -3.28. The van der Waals surface area contributed by atoms with Gasteiger partial charge in [0.2, 0.25) is 16.0 Å². The summed E-state index contributed by atoms with van der Waals surface area (Å²) in [7, 11) is -1.64. The highest BCUT2D eigenvalue weighted by atomic mass is 32.2. The minimum absolute atomic E-state index is 0.0572. The number of sulfonamides is 1. The molecule has 2 aromatic heterocycles. The van der Waals surface area contributed by atoms with Crippen molar-refractivity contribution < 1.29 is 21.9 Å². The lowest BCUT2D eigenvalue weighted by Crippen LogP contribution is -2.54. The zero-order valence-electron chi connectivity index (χ0n) is 22.6. The Balaban J connectivity index is 1.44. The fraction of sp³-hybridized carbons (Fsp3) is 0.370. The van der Waals surface area contributed by atoms with Crippen molar-refractivity contribution in [1.29, 1.82) is 0 Å². The normalized spacial score (nSPS) is 16.7. The van der Waals surface area contributed by atoms with Gasteiger partial charge < -0.3 is 9.64 Å². The molecule has 0 saturated carbocycles. The van der Waals surface area contributed by atoms with Crippen LogP contribution in [0, 0.1) is 6.92 Å². The second kappa shape index (κ2) is 10.6. The van der Waals surface area contributed by atoms with Crippen LogP contribution in [0.5, 0.6) is 5.75 Å². The predicted molar refractivity (Wildman–Crippen MR) is 148 cm³/mol. The standard InChI is InChI=1S/C27H30F2N6O4S/c1-17-5-8-24(39-26(28)29)20(11-17)16-34-23-12-19(6-7-22(23)25(36)32(34)3)21-13-30-27(31-14-21)33-9-10-35(18(2)15-33)40(4,37)38/h5-8,11-14,18,26H,9-10,15-16H2,1-4H3. The average Bonchev–Trinajstić information content (AvgIpc) is 3.13. The van der Waals surface area contributed by atoms with Crippen molar-refractivity contribution in [3.05, 3.63) is 70.3 Å². The highest BCUT2D eigenvalue weighted by molar-refractivity contribution is 7.88. The molecule has 40 heavy (non-hydrogen) atoms. The van der Waals surface area contributed by atoms with Crippen LogP contribution < -0.4 is 15.2 Å². The summed E-state index contributed by atoms with van der Waals surface area (Å²) < 4.78 is 59.4. The van der Waals surface area contributed by atoms with Crippen molar-refractivity contribution in [2.75, 3.05) is 30.8 Å². The number of fused-ring (bicyclic) bond motifs is 1. The van der Waals surface area contributed by atoms with Gasteiger partial charge >= 0.3 is 6.61 Å². The summed E-state index contributed by atoms with van der Waals surface area (Å²) in [6.07, 6.45) is 4.60. The Morgan fingerprint density at radius 2 is 1.80 bits per heavy atom. The van der Waals surface area contributed by atoms with Crippen molar-refractivity contribution in [2.24, 2.45) is 7.05 Å². The van der Waals surface area contributed by atoms with Crippen LogP contribution in [0.25, 0.3) is 22.0 Å². The van der Waals surface area contributed by atoms with E-state index < -0.39 is 16.6 Å². The second-order valence-corrected chi connectivity index (χ2v) is 12.0. The molecule has 0 radical (unpaired) electrons. The van der Waals surface area contributed by atoms with Crippen LogP contribution in [-0.2, 0) is 23.6 Å². The van der Waals surface area contributed by atoms with E-state index in [1.54, 1.807) is 42.3 Å². The molecule has 5 rings (SSSR count). The maximum absolute atomic E-state index is 13.0. The van der Waals surface area contributed by atoms with Crippen LogP contribution >= 0.6 is 0 Å². The van der Waals surface area contributed by atoms with E-state index in [-0.39, 0.29) is 23.9 Å². The summed E-state index contributed by atoms with van der Waals surface area (Å²) in [5, 5.41) is 0.491. The maximum Gasteiger partial charge on any atom is 0.387 e. The Kier molecular flexibility index (Phi) is 7.36. The number of halogens is 2. The fourth-order valence-corrected chi connectivity index (χ4v) is 6.33. The van der Waals surface area contributed by atoms with Gasteiger partial charge in [-0.3, -0.25) is 14.2 Å². The largest absolute Gasteiger partial charge is 0.434 e. The zero-order chi connectivity index (χ0) is 28.8. The molecule has 1 atom stereocenters. The third-order valence-corrected chi connectivity index (χ3v) is 8.56. The van der Waals surface area contributed by atoms with Gasteiger partial charge in [0.15, 0.2) is 0 Å². The molecule has 3 heterocycles. The van der Waals surface area contributed by atoms with Crippen LogP contribution in [0.15, 0.2) is 53.6 Å². The minimum Gasteiger partial charge on any atom is -0.434 e. The Bertz CT molecular complexity index is 1720. The summed E-state index contributed by atoms with van der Waals surface area (Å²) in [6, 6.07) is 10.2. The first-order chi connectivity index (χ1) is 18.9. The van der Waals surface area contributed by atoms with Gasteiger partial charge in [-0.15, -0.1) is 0 Å². The van der Waals surface area contributed by atoms with Crippen molar-refractivity contribution in [1.82, 2.24) is 23.6 Å². The first-order valence-corrected chi connectivity index (χ1v) is 14.6. The average molecular weight is 573 g/mol. The van der Waals surface area contributed by atoms with Gasteiger partial charge in [-0.25, -0.2) is 18.4 Å². The molecule has 0 spiro atoms. The number of aryl methyl sites for hydroxylation is 1. The lowest BCUT2D eigenvalue weighted by atomic mass is 10.1. The number of anilines is 1. The Morgan fingerprint density at radius 3 is 2.45 bits per heavy atom. The molecule has 0 N–H and O–H groups in total. The lowest BCUT2D eigenvalue weighted by molar-refractivity contribution is -0.0505. The number of nitrogens with zero attached hydrogens (tertiary/aromatic N) is 6. The summed E-state index contributed by atoms with van der Waals surface area (Å²) in [5.41, 5.74) is 3.33. The number of alkyl halides is 2. The van der Waals surface area contributed by atoms with Gasteiger partial charge in [-0.2, -0.15) is 13.1 Å². The van der Waals surface area contributed by atoms with Crippen LogP contribution in [-0.4, -0.2) is 70.6 Å². The molecular weight excluding hydrogens is 542 g/mol. The van der Waals surface area contributed by atoms with Crippen LogP contribution in [0.1, 0.15) is 18.1 Å². The Morgan fingerprint density at radius 1 is 1.07 bits per heavy atom. The van der Waals surface area contributed by atoms with Gasteiger partial charge in [-0.05, 0) is 37.6 Å². The number of aromatic nitrogens is 4. The SMILES string of the molecule is Cc1ccc(OC(F)F)c(Cn2c3cc(-c4cnc(N5CCN(S(C)(=O)=O)C(C)C5)nc4)ccc3c(=O)n2C)c1. The van der Waals surface area contributed by atoms with E-state index >= 15 is 0 Å². The molecule has 0 aliphatic carbocycles. The quantitative estimate of drug-likeness (QED) is 0.335. The number of rotatable bonds is 7. The zero-order valence-corrected chi connectivity index (χ0v) is 23.4. The molecule has 1 fully saturated rings. The highest BCUT2D eigenvalue weighted by Crippen LogP contribution is 2.27. The van der Waals surface area contributed by atoms with Crippen molar-refractivity contribution >= 4 is 26.9 Å². The summed E-state index contributed by atoms with van der Waals surface area (Å²) in [6.45, 7) is 2.22.